The molecule has 2 aromatic heterocycles. The van der Waals surface area contributed by atoms with Gasteiger partial charge in [-0.15, -0.1) is 23.7 Å². The number of nitrogens with two attached hydrogens (primary N) is 1. The number of hydrogen-bond acceptors (Lipinski definition) is 6. The number of halogens is 1. The highest BCUT2D eigenvalue weighted by molar-refractivity contribution is 7.18. The Morgan fingerprint density at radius 3 is 2.56 bits per heavy atom. The van der Waals surface area contributed by atoms with E-state index in [1.807, 2.05) is 6.07 Å². The van der Waals surface area contributed by atoms with Crippen LogP contribution in [0.25, 0.3) is 10.2 Å². The Hall–Kier alpha value is -1.76. The number of fused-ring (bicyclic) bond motifs is 1. The van der Waals surface area contributed by atoms with Crippen LogP contribution in [0.3, 0.4) is 0 Å². The normalized spacial score (nSPS) is 24.2. The molecule has 0 saturated heterocycles. The van der Waals surface area contributed by atoms with Gasteiger partial charge in [0.25, 0.3) is 0 Å². The minimum atomic E-state index is -0.405. The molecule has 2 aliphatic rings. The second-order valence-corrected chi connectivity index (χ2v) is 8.56. The molecule has 5 rings (SSSR count). The minimum Gasteiger partial charge on any atom is -0.339 e. The summed E-state index contributed by atoms with van der Waals surface area (Å²) in [6.45, 7) is 0. The van der Waals surface area contributed by atoms with E-state index < -0.39 is 5.54 Å². The van der Waals surface area contributed by atoms with E-state index in [1.165, 1.54) is 4.70 Å². The lowest BCUT2D eigenvalue weighted by Crippen LogP contribution is -2.34. The van der Waals surface area contributed by atoms with E-state index in [1.54, 1.807) is 11.3 Å². The highest BCUT2D eigenvalue weighted by Gasteiger charge is 2.38. The molecule has 2 unspecified atom stereocenters. The predicted molar refractivity (Wildman–Crippen MR) is 109 cm³/mol. The van der Waals surface area contributed by atoms with E-state index in [-0.39, 0.29) is 24.2 Å². The van der Waals surface area contributed by atoms with Crippen molar-refractivity contribution in [1.82, 2.24) is 15.1 Å². The van der Waals surface area contributed by atoms with Crippen LogP contribution in [0.4, 0.5) is 0 Å². The Kier molecular flexibility index (Phi) is 5.05. The van der Waals surface area contributed by atoms with Gasteiger partial charge in [0.2, 0.25) is 5.89 Å². The third kappa shape index (κ3) is 3.30. The maximum Gasteiger partial charge on any atom is 0.230 e. The zero-order chi connectivity index (χ0) is 17.6. The molecular formula is C20H23ClN4OS. The molecule has 0 spiro atoms. The first-order valence-electron chi connectivity index (χ1n) is 9.36. The smallest absolute Gasteiger partial charge is 0.230 e. The number of hydrogen-bond donors (Lipinski definition) is 1. The van der Waals surface area contributed by atoms with Crippen LogP contribution in [-0.2, 0) is 5.54 Å². The fourth-order valence-corrected chi connectivity index (χ4v) is 5.37. The number of aromatic nitrogens is 3. The average Bonchev–Trinajstić information content (AvgIpc) is 3.41. The Morgan fingerprint density at radius 1 is 1.04 bits per heavy atom. The molecule has 27 heavy (non-hydrogen) atoms. The molecule has 142 valence electrons. The molecule has 0 aliphatic heterocycles. The zero-order valence-corrected chi connectivity index (χ0v) is 16.6. The first-order chi connectivity index (χ1) is 12.7. The molecule has 0 amide bonds. The molecule has 2 aliphatic carbocycles. The SMILES string of the molecule is Cl.NC1(c2noc(C3CC=CCC3c3nc4ccccc4s3)n2)CCCC1. The van der Waals surface area contributed by atoms with Crippen LogP contribution in [-0.4, -0.2) is 15.1 Å². The van der Waals surface area contributed by atoms with Crippen LogP contribution in [0.5, 0.6) is 0 Å². The fourth-order valence-electron chi connectivity index (χ4n) is 4.23. The summed E-state index contributed by atoms with van der Waals surface area (Å²) < 4.78 is 6.94. The number of thiazole rings is 1. The Balaban J connectivity index is 0.00000180. The van der Waals surface area contributed by atoms with Crippen molar-refractivity contribution in [2.24, 2.45) is 5.73 Å². The van der Waals surface area contributed by atoms with Crippen molar-refractivity contribution in [2.75, 3.05) is 0 Å². The molecule has 1 fully saturated rings. The summed E-state index contributed by atoms with van der Waals surface area (Å²) in [4.78, 5) is 9.64. The molecule has 1 saturated carbocycles. The van der Waals surface area contributed by atoms with Crippen LogP contribution in [0.2, 0.25) is 0 Å². The van der Waals surface area contributed by atoms with Gasteiger partial charge < -0.3 is 10.3 Å². The van der Waals surface area contributed by atoms with E-state index in [0.717, 1.165) is 49.0 Å². The van der Waals surface area contributed by atoms with E-state index in [2.05, 4.69) is 35.5 Å². The maximum absolute atomic E-state index is 6.51. The first kappa shape index (κ1) is 18.6. The lowest BCUT2D eigenvalue weighted by molar-refractivity contribution is 0.317. The summed E-state index contributed by atoms with van der Waals surface area (Å²) in [5, 5.41) is 5.42. The highest BCUT2D eigenvalue weighted by Crippen LogP contribution is 2.44. The number of allylic oxidation sites excluding steroid dienone is 2. The van der Waals surface area contributed by atoms with Crippen LogP contribution < -0.4 is 5.73 Å². The van der Waals surface area contributed by atoms with Crippen LogP contribution >= 0.6 is 23.7 Å². The van der Waals surface area contributed by atoms with Gasteiger partial charge in [-0.1, -0.05) is 42.3 Å². The Morgan fingerprint density at radius 2 is 1.78 bits per heavy atom. The van der Waals surface area contributed by atoms with Gasteiger partial charge >= 0.3 is 0 Å². The van der Waals surface area contributed by atoms with E-state index >= 15 is 0 Å². The van der Waals surface area contributed by atoms with E-state index in [0.29, 0.717) is 11.7 Å². The third-order valence-corrected chi connectivity index (χ3v) is 6.93. The van der Waals surface area contributed by atoms with Gasteiger partial charge in [0.1, 0.15) is 0 Å². The van der Waals surface area contributed by atoms with Crippen molar-refractivity contribution in [3.05, 3.63) is 53.1 Å². The highest BCUT2D eigenvalue weighted by atomic mass is 35.5. The molecule has 0 radical (unpaired) electrons. The van der Waals surface area contributed by atoms with Gasteiger partial charge in [-0.3, -0.25) is 0 Å². The molecule has 2 atom stereocenters. The topological polar surface area (TPSA) is 77.8 Å². The number of benzene rings is 1. The third-order valence-electron chi connectivity index (χ3n) is 5.76. The molecule has 1 aromatic carbocycles. The largest absolute Gasteiger partial charge is 0.339 e. The Labute approximate surface area is 168 Å². The van der Waals surface area contributed by atoms with Gasteiger partial charge in [-0.05, 0) is 37.8 Å². The minimum absolute atomic E-state index is 0. The molecule has 3 aromatic rings. The summed E-state index contributed by atoms with van der Waals surface area (Å²) >= 11 is 1.77. The summed E-state index contributed by atoms with van der Waals surface area (Å²) in [7, 11) is 0. The van der Waals surface area contributed by atoms with Crippen molar-refractivity contribution in [3.8, 4) is 0 Å². The molecule has 5 nitrogen and oxygen atoms in total. The lowest BCUT2D eigenvalue weighted by Gasteiger charge is -2.23. The van der Waals surface area contributed by atoms with Crippen molar-refractivity contribution < 1.29 is 4.52 Å². The summed E-state index contributed by atoms with van der Waals surface area (Å²) in [5.74, 6) is 1.85. The molecule has 7 heteroatoms. The lowest BCUT2D eigenvalue weighted by atomic mass is 9.83. The van der Waals surface area contributed by atoms with Crippen molar-refractivity contribution in [1.29, 1.82) is 0 Å². The molecule has 0 bridgehead atoms. The summed E-state index contributed by atoms with van der Waals surface area (Å²) in [5.41, 5.74) is 7.17. The maximum atomic E-state index is 6.51. The summed E-state index contributed by atoms with van der Waals surface area (Å²) in [6, 6.07) is 8.31. The number of para-hydroxylation sites is 1. The molecular weight excluding hydrogens is 380 g/mol. The van der Waals surface area contributed by atoms with Gasteiger partial charge in [0.05, 0.1) is 26.7 Å². The monoisotopic (exact) mass is 402 g/mol. The zero-order valence-electron chi connectivity index (χ0n) is 15.0. The standard InChI is InChI=1S/C20H22N4OS.ClH/c21-20(11-5-6-12-20)19-23-17(25-24-19)13-7-1-2-8-14(13)18-22-15-9-3-4-10-16(15)26-18;/h1-4,9-10,13-14H,5-8,11-12,21H2;1H. The quantitative estimate of drug-likeness (QED) is 0.620. The van der Waals surface area contributed by atoms with Crippen LogP contribution in [0.1, 0.15) is 67.1 Å². The van der Waals surface area contributed by atoms with Crippen molar-refractivity contribution >= 4 is 34.0 Å². The van der Waals surface area contributed by atoms with Crippen LogP contribution in [0, 0.1) is 0 Å². The second-order valence-electron chi connectivity index (χ2n) is 7.50. The fraction of sp³-hybridized carbons (Fsp3) is 0.450. The number of rotatable bonds is 3. The van der Waals surface area contributed by atoms with Crippen molar-refractivity contribution in [2.45, 2.75) is 55.9 Å². The summed E-state index contributed by atoms with van der Waals surface area (Å²) in [6.07, 6.45) is 10.5. The van der Waals surface area contributed by atoms with Crippen molar-refractivity contribution in [3.63, 3.8) is 0 Å². The van der Waals surface area contributed by atoms with Gasteiger partial charge in [0, 0.05) is 5.92 Å². The Bertz CT molecular complexity index is 927. The van der Waals surface area contributed by atoms with E-state index in [9.17, 15) is 0 Å². The predicted octanol–water partition coefficient (Wildman–Crippen LogP) is 5.05. The number of nitrogens with zero attached hydrogens (tertiary/aromatic N) is 3. The second kappa shape index (κ2) is 7.34. The van der Waals surface area contributed by atoms with E-state index in [4.69, 9.17) is 20.2 Å². The van der Waals surface area contributed by atoms with Crippen LogP contribution in [0.15, 0.2) is 40.9 Å². The van der Waals surface area contributed by atoms with Gasteiger partial charge in [-0.2, -0.15) is 4.98 Å². The molecule has 2 N–H and O–H groups in total. The molecule has 2 heterocycles. The van der Waals surface area contributed by atoms with Gasteiger partial charge in [-0.25, -0.2) is 4.98 Å². The average molecular weight is 403 g/mol. The first-order valence-corrected chi connectivity index (χ1v) is 10.2. The van der Waals surface area contributed by atoms with Gasteiger partial charge in [0.15, 0.2) is 5.82 Å².